The summed E-state index contributed by atoms with van der Waals surface area (Å²) in [6, 6.07) is 4.25. The second kappa shape index (κ2) is 8.76. The maximum Gasteiger partial charge on any atom is 0.222 e. The van der Waals surface area contributed by atoms with Crippen LogP contribution in [0, 0.1) is 18.8 Å². The number of aryl methyl sites for hydroxylation is 1. The summed E-state index contributed by atoms with van der Waals surface area (Å²) in [4.78, 5) is 16.8. The third-order valence-electron chi connectivity index (χ3n) is 4.30. The highest BCUT2D eigenvalue weighted by Crippen LogP contribution is 2.25. The Bertz CT molecular complexity index is 443. The normalized spacial score (nSPS) is 17.1. The molecule has 0 spiro atoms. The Hall–Kier alpha value is -0.580. The lowest BCUT2D eigenvalue weighted by Crippen LogP contribution is -2.34. The molecule has 0 saturated carbocycles. The number of carbonyl (C=O) groups excluding carboxylic acids is 1. The molecule has 2 rings (SSSR count). The van der Waals surface area contributed by atoms with Gasteiger partial charge in [0.2, 0.25) is 5.91 Å². The van der Waals surface area contributed by atoms with Crippen molar-refractivity contribution >= 4 is 29.7 Å². The SMILES string of the molecule is Cc1ccc(CN(C)C(=O)CC(C)C2CCNCC2)s1.Cl. The minimum Gasteiger partial charge on any atom is -0.341 e. The smallest absolute Gasteiger partial charge is 0.222 e. The van der Waals surface area contributed by atoms with E-state index in [1.54, 1.807) is 11.3 Å². The van der Waals surface area contributed by atoms with Crippen LogP contribution in [-0.2, 0) is 11.3 Å². The largest absolute Gasteiger partial charge is 0.341 e. The molecule has 1 aromatic rings. The molecule has 0 radical (unpaired) electrons. The number of nitrogens with zero attached hydrogens (tertiary/aromatic N) is 1. The van der Waals surface area contributed by atoms with Crippen molar-refractivity contribution in [3.8, 4) is 0 Å². The lowest BCUT2D eigenvalue weighted by atomic mass is 9.84. The third-order valence-corrected chi connectivity index (χ3v) is 5.29. The number of thiophene rings is 1. The van der Waals surface area contributed by atoms with Gasteiger partial charge in [0.1, 0.15) is 0 Å². The Morgan fingerprint density at radius 2 is 2.10 bits per heavy atom. The van der Waals surface area contributed by atoms with Crippen LogP contribution in [0.2, 0.25) is 0 Å². The van der Waals surface area contributed by atoms with Crippen LogP contribution in [-0.4, -0.2) is 30.9 Å². The molecule has 3 nitrogen and oxygen atoms in total. The van der Waals surface area contributed by atoms with E-state index in [-0.39, 0.29) is 18.3 Å². The lowest BCUT2D eigenvalue weighted by molar-refractivity contribution is -0.131. The van der Waals surface area contributed by atoms with E-state index in [1.165, 1.54) is 22.6 Å². The zero-order valence-corrected chi connectivity index (χ0v) is 14.9. The van der Waals surface area contributed by atoms with Crippen molar-refractivity contribution in [3.63, 3.8) is 0 Å². The van der Waals surface area contributed by atoms with Crippen LogP contribution < -0.4 is 5.32 Å². The minimum atomic E-state index is 0. The fourth-order valence-corrected chi connectivity index (χ4v) is 3.85. The van der Waals surface area contributed by atoms with E-state index in [1.807, 2.05) is 11.9 Å². The summed E-state index contributed by atoms with van der Waals surface area (Å²) in [5.74, 6) is 1.48. The Morgan fingerprint density at radius 1 is 1.43 bits per heavy atom. The van der Waals surface area contributed by atoms with Crippen LogP contribution in [0.1, 0.15) is 35.9 Å². The molecule has 21 heavy (non-hydrogen) atoms. The molecule has 1 aromatic heterocycles. The van der Waals surface area contributed by atoms with Gasteiger partial charge < -0.3 is 10.2 Å². The van der Waals surface area contributed by atoms with Gasteiger partial charge in [-0.15, -0.1) is 23.7 Å². The molecule has 2 heterocycles. The van der Waals surface area contributed by atoms with Crippen molar-refractivity contribution in [3.05, 3.63) is 21.9 Å². The molecule has 1 atom stereocenters. The van der Waals surface area contributed by atoms with Gasteiger partial charge in [0.25, 0.3) is 0 Å². The maximum atomic E-state index is 12.3. The van der Waals surface area contributed by atoms with E-state index in [4.69, 9.17) is 0 Å². The first-order valence-corrected chi connectivity index (χ1v) is 8.38. The number of carbonyl (C=O) groups is 1. The van der Waals surface area contributed by atoms with Gasteiger partial charge in [-0.05, 0) is 56.8 Å². The highest BCUT2D eigenvalue weighted by Gasteiger charge is 2.23. The summed E-state index contributed by atoms with van der Waals surface area (Å²) in [6.07, 6.45) is 3.11. The summed E-state index contributed by atoms with van der Waals surface area (Å²) in [7, 11) is 1.92. The van der Waals surface area contributed by atoms with Crippen LogP contribution in [0.4, 0.5) is 0 Å². The number of amides is 1. The first kappa shape index (κ1) is 18.5. The average molecular weight is 331 g/mol. The molecule has 0 aromatic carbocycles. The van der Waals surface area contributed by atoms with Crippen LogP contribution in [0.3, 0.4) is 0 Å². The summed E-state index contributed by atoms with van der Waals surface area (Å²) >= 11 is 1.78. The molecule has 0 aliphatic carbocycles. The molecule has 0 bridgehead atoms. The van der Waals surface area contributed by atoms with E-state index in [0.717, 1.165) is 19.6 Å². The van der Waals surface area contributed by atoms with Crippen molar-refractivity contribution in [1.82, 2.24) is 10.2 Å². The lowest BCUT2D eigenvalue weighted by Gasteiger charge is -2.29. The van der Waals surface area contributed by atoms with E-state index < -0.39 is 0 Å². The van der Waals surface area contributed by atoms with E-state index in [2.05, 4.69) is 31.3 Å². The molecule has 120 valence electrons. The van der Waals surface area contributed by atoms with E-state index >= 15 is 0 Å². The first-order valence-electron chi connectivity index (χ1n) is 7.56. The zero-order valence-electron chi connectivity index (χ0n) is 13.2. The van der Waals surface area contributed by atoms with Gasteiger partial charge in [0.05, 0.1) is 6.54 Å². The van der Waals surface area contributed by atoms with Crippen molar-refractivity contribution in [1.29, 1.82) is 0 Å². The Morgan fingerprint density at radius 3 is 2.67 bits per heavy atom. The molecule has 1 saturated heterocycles. The second-order valence-corrected chi connectivity index (χ2v) is 7.40. The molecule has 1 unspecified atom stereocenters. The van der Waals surface area contributed by atoms with Crippen LogP contribution in [0.25, 0.3) is 0 Å². The highest BCUT2D eigenvalue weighted by molar-refractivity contribution is 7.11. The van der Waals surface area contributed by atoms with Crippen LogP contribution >= 0.6 is 23.7 Å². The number of hydrogen-bond donors (Lipinski definition) is 1. The summed E-state index contributed by atoms with van der Waals surface area (Å²) in [5.41, 5.74) is 0. The molecule has 1 fully saturated rings. The highest BCUT2D eigenvalue weighted by atomic mass is 35.5. The second-order valence-electron chi connectivity index (χ2n) is 6.03. The standard InChI is InChI=1S/C16H26N2OS.ClH/c1-12(14-6-8-17-9-7-14)10-16(19)18(3)11-15-5-4-13(2)20-15;/h4-5,12,14,17H,6-11H2,1-3H3;1H. The van der Waals surface area contributed by atoms with E-state index in [9.17, 15) is 4.79 Å². The molecule has 1 aliphatic rings. The maximum absolute atomic E-state index is 12.3. The molecule has 1 aliphatic heterocycles. The topological polar surface area (TPSA) is 32.3 Å². The predicted octanol–water partition coefficient (Wildman–Crippen LogP) is 3.46. The van der Waals surface area contributed by atoms with Crippen molar-refractivity contribution in [2.75, 3.05) is 20.1 Å². The van der Waals surface area contributed by atoms with Gasteiger partial charge in [0.15, 0.2) is 0 Å². The number of hydrogen-bond acceptors (Lipinski definition) is 3. The van der Waals surface area contributed by atoms with Gasteiger partial charge in [-0.1, -0.05) is 6.92 Å². The first-order chi connectivity index (χ1) is 9.56. The van der Waals surface area contributed by atoms with E-state index in [0.29, 0.717) is 18.3 Å². The number of rotatable bonds is 5. The Labute approximate surface area is 138 Å². The summed E-state index contributed by atoms with van der Waals surface area (Å²) in [5, 5.41) is 3.39. The monoisotopic (exact) mass is 330 g/mol. The number of nitrogens with one attached hydrogen (secondary N) is 1. The van der Waals surface area contributed by atoms with Crippen molar-refractivity contribution < 1.29 is 4.79 Å². The fraction of sp³-hybridized carbons (Fsp3) is 0.688. The van der Waals surface area contributed by atoms with Gasteiger partial charge in [0, 0.05) is 23.2 Å². The van der Waals surface area contributed by atoms with Crippen LogP contribution in [0.5, 0.6) is 0 Å². The number of halogens is 1. The zero-order chi connectivity index (χ0) is 14.5. The van der Waals surface area contributed by atoms with Crippen molar-refractivity contribution in [2.45, 2.75) is 39.7 Å². The molecular formula is C16H27ClN2OS. The van der Waals surface area contributed by atoms with Crippen LogP contribution in [0.15, 0.2) is 12.1 Å². The third kappa shape index (κ3) is 5.61. The van der Waals surface area contributed by atoms with Gasteiger partial charge in [-0.25, -0.2) is 0 Å². The summed E-state index contributed by atoms with van der Waals surface area (Å²) in [6.45, 7) is 7.30. The minimum absolute atomic E-state index is 0. The van der Waals surface area contributed by atoms with Gasteiger partial charge in [-0.3, -0.25) is 4.79 Å². The van der Waals surface area contributed by atoms with Gasteiger partial charge >= 0.3 is 0 Å². The molecule has 5 heteroatoms. The molecular weight excluding hydrogens is 304 g/mol. The van der Waals surface area contributed by atoms with Crippen molar-refractivity contribution in [2.24, 2.45) is 11.8 Å². The predicted molar refractivity (Wildman–Crippen MR) is 92.2 cm³/mol. The Kier molecular flexibility index (Phi) is 7.71. The Balaban J connectivity index is 0.00000220. The molecule has 1 amide bonds. The number of piperidine rings is 1. The average Bonchev–Trinajstić information content (AvgIpc) is 2.85. The van der Waals surface area contributed by atoms with Gasteiger partial charge in [-0.2, -0.15) is 0 Å². The quantitative estimate of drug-likeness (QED) is 0.896. The fourth-order valence-electron chi connectivity index (χ4n) is 2.90. The summed E-state index contributed by atoms with van der Waals surface area (Å²) < 4.78 is 0. The molecule has 1 N–H and O–H groups in total.